The van der Waals surface area contributed by atoms with Crippen LogP contribution in [0, 0.1) is 0 Å². The van der Waals surface area contributed by atoms with Gasteiger partial charge in [-0.05, 0) is 12.1 Å². The summed E-state index contributed by atoms with van der Waals surface area (Å²) >= 11 is 0. The van der Waals surface area contributed by atoms with E-state index in [1.165, 1.54) is 12.1 Å². The number of carboxylic acids is 1. The van der Waals surface area contributed by atoms with Gasteiger partial charge in [0.15, 0.2) is 0 Å². The number of aromatic carboxylic acids is 1. The van der Waals surface area contributed by atoms with Gasteiger partial charge in [-0.15, -0.1) is 0 Å². The lowest BCUT2D eigenvalue weighted by Gasteiger charge is -2.01. The Kier molecular flexibility index (Phi) is 1.81. The third kappa shape index (κ3) is 1.26. The molecule has 0 aliphatic heterocycles. The van der Waals surface area contributed by atoms with Crippen LogP contribution in [-0.4, -0.2) is 21.2 Å². The molecule has 0 radical (unpaired) electrons. The Labute approximate surface area is 79.4 Å². The Morgan fingerprint density at radius 2 is 2.14 bits per heavy atom. The molecule has 0 aliphatic rings. The summed E-state index contributed by atoms with van der Waals surface area (Å²) in [5, 5.41) is 18.8. The van der Waals surface area contributed by atoms with Crippen LogP contribution in [0.5, 0.6) is 5.75 Å². The zero-order chi connectivity index (χ0) is 10.1. The van der Waals surface area contributed by atoms with Gasteiger partial charge in [-0.1, -0.05) is 6.07 Å². The van der Waals surface area contributed by atoms with Gasteiger partial charge < -0.3 is 10.2 Å². The fourth-order valence-corrected chi connectivity index (χ4v) is 1.28. The monoisotopic (exact) mass is 189 g/mol. The summed E-state index contributed by atoms with van der Waals surface area (Å²) in [7, 11) is 0. The molecule has 1 heterocycles. The molecule has 4 heteroatoms. The van der Waals surface area contributed by atoms with Crippen LogP contribution in [0.3, 0.4) is 0 Å². The number of carbonyl (C=O) groups is 1. The van der Waals surface area contributed by atoms with Crippen molar-refractivity contribution >= 4 is 16.9 Å². The molecular formula is C10H7NO3. The summed E-state index contributed by atoms with van der Waals surface area (Å²) in [6, 6.07) is 6.21. The lowest BCUT2D eigenvalue weighted by Crippen LogP contribution is -1.96. The Balaban J connectivity index is 2.77. The Morgan fingerprint density at radius 3 is 2.86 bits per heavy atom. The molecule has 14 heavy (non-hydrogen) atoms. The van der Waals surface area contributed by atoms with E-state index in [0.29, 0.717) is 10.9 Å². The minimum absolute atomic E-state index is 0.106. The van der Waals surface area contributed by atoms with Crippen LogP contribution >= 0.6 is 0 Å². The molecule has 0 bridgehead atoms. The minimum atomic E-state index is -1.15. The first-order valence-corrected chi connectivity index (χ1v) is 3.99. The summed E-state index contributed by atoms with van der Waals surface area (Å²) in [5.74, 6) is -1.41. The fourth-order valence-electron chi connectivity index (χ4n) is 1.28. The largest absolute Gasteiger partial charge is 0.507 e. The molecule has 0 spiro atoms. The molecule has 2 aromatic rings. The normalized spacial score (nSPS) is 10.3. The zero-order valence-corrected chi connectivity index (χ0v) is 7.14. The first kappa shape index (κ1) is 8.50. The maximum absolute atomic E-state index is 10.7. The smallest absolute Gasteiger partial charge is 0.339 e. The average molecular weight is 189 g/mol. The number of pyridine rings is 1. The molecule has 0 unspecified atom stereocenters. The topological polar surface area (TPSA) is 70.4 Å². The number of fused-ring (bicyclic) bond motifs is 1. The van der Waals surface area contributed by atoms with Crippen molar-refractivity contribution in [2.75, 3.05) is 0 Å². The number of nitrogens with zero attached hydrogens (tertiary/aromatic N) is 1. The van der Waals surface area contributed by atoms with Crippen LogP contribution in [0.2, 0.25) is 0 Å². The highest BCUT2D eigenvalue weighted by Crippen LogP contribution is 2.23. The molecule has 70 valence electrons. The molecule has 0 aliphatic carbocycles. The number of aromatic hydroxyl groups is 1. The zero-order valence-electron chi connectivity index (χ0n) is 7.14. The molecule has 2 rings (SSSR count). The maximum Gasteiger partial charge on any atom is 0.339 e. The van der Waals surface area contributed by atoms with Crippen molar-refractivity contribution in [1.82, 2.24) is 4.98 Å². The van der Waals surface area contributed by atoms with E-state index in [2.05, 4.69) is 4.98 Å². The number of benzene rings is 1. The van der Waals surface area contributed by atoms with Crippen molar-refractivity contribution in [2.24, 2.45) is 0 Å². The summed E-state index contributed by atoms with van der Waals surface area (Å²) in [5.41, 5.74) is 0.473. The highest BCUT2D eigenvalue weighted by atomic mass is 16.4. The highest BCUT2D eigenvalue weighted by molar-refractivity contribution is 5.96. The third-order valence-corrected chi connectivity index (χ3v) is 1.95. The molecule has 0 fully saturated rings. The molecule has 0 saturated heterocycles. The summed E-state index contributed by atoms with van der Waals surface area (Å²) in [6.45, 7) is 0. The maximum atomic E-state index is 10.7. The predicted molar refractivity (Wildman–Crippen MR) is 50.4 cm³/mol. The van der Waals surface area contributed by atoms with E-state index in [9.17, 15) is 9.90 Å². The predicted octanol–water partition coefficient (Wildman–Crippen LogP) is 1.64. The lowest BCUT2D eigenvalue weighted by molar-refractivity contribution is 0.0694. The van der Waals surface area contributed by atoms with Crippen LogP contribution in [-0.2, 0) is 0 Å². The van der Waals surface area contributed by atoms with Gasteiger partial charge in [0.25, 0.3) is 0 Å². The second kappa shape index (κ2) is 2.99. The van der Waals surface area contributed by atoms with E-state index < -0.39 is 5.97 Å². The molecule has 0 saturated carbocycles. The molecule has 0 amide bonds. The van der Waals surface area contributed by atoms with Gasteiger partial charge in [0, 0.05) is 17.6 Å². The van der Waals surface area contributed by atoms with Crippen molar-refractivity contribution in [3.05, 3.63) is 36.0 Å². The Bertz CT molecular complexity index is 508. The van der Waals surface area contributed by atoms with Gasteiger partial charge in [0.1, 0.15) is 11.3 Å². The van der Waals surface area contributed by atoms with Crippen molar-refractivity contribution in [3.8, 4) is 5.75 Å². The Hall–Kier alpha value is -2.10. The standard InChI is InChI=1S/C10H7NO3/c12-9-5-8-6(2-1-3-11-8)4-7(9)10(13)14/h1-5,12H,(H,13,14). The SMILES string of the molecule is O=C(O)c1cc2cccnc2cc1O. The van der Waals surface area contributed by atoms with E-state index in [0.717, 1.165) is 0 Å². The molecular weight excluding hydrogens is 182 g/mol. The number of carboxylic acid groups (broad SMARTS) is 1. The Morgan fingerprint density at radius 1 is 1.36 bits per heavy atom. The van der Waals surface area contributed by atoms with Crippen LogP contribution < -0.4 is 0 Å². The van der Waals surface area contributed by atoms with Crippen molar-refractivity contribution in [3.63, 3.8) is 0 Å². The van der Waals surface area contributed by atoms with Crippen LogP contribution in [0.4, 0.5) is 0 Å². The molecule has 0 atom stereocenters. The van der Waals surface area contributed by atoms with Crippen LogP contribution in [0.25, 0.3) is 10.9 Å². The number of hydrogen-bond acceptors (Lipinski definition) is 3. The van der Waals surface area contributed by atoms with Gasteiger partial charge in [-0.2, -0.15) is 0 Å². The number of phenols is 1. The molecule has 1 aromatic carbocycles. The van der Waals surface area contributed by atoms with Gasteiger partial charge >= 0.3 is 5.97 Å². The number of hydrogen-bond donors (Lipinski definition) is 2. The van der Waals surface area contributed by atoms with Crippen LogP contribution in [0.15, 0.2) is 30.5 Å². The van der Waals surface area contributed by atoms with Gasteiger partial charge in [-0.3, -0.25) is 4.98 Å². The van der Waals surface area contributed by atoms with E-state index in [1.807, 2.05) is 0 Å². The minimum Gasteiger partial charge on any atom is -0.507 e. The fraction of sp³-hybridized carbons (Fsp3) is 0. The highest BCUT2D eigenvalue weighted by Gasteiger charge is 2.10. The third-order valence-electron chi connectivity index (χ3n) is 1.95. The molecule has 4 nitrogen and oxygen atoms in total. The van der Waals surface area contributed by atoms with E-state index in [-0.39, 0.29) is 11.3 Å². The number of rotatable bonds is 1. The molecule has 1 aromatic heterocycles. The second-order valence-electron chi connectivity index (χ2n) is 2.87. The van der Waals surface area contributed by atoms with Crippen molar-refractivity contribution < 1.29 is 15.0 Å². The summed E-state index contributed by atoms with van der Waals surface area (Å²) in [6.07, 6.45) is 1.59. The van der Waals surface area contributed by atoms with Gasteiger partial charge in [0.2, 0.25) is 0 Å². The van der Waals surface area contributed by atoms with E-state index in [1.54, 1.807) is 18.3 Å². The summed E-state index contributed by atoms with van der Waals surface area (Å²) in [4.78, 5) is 14.7. The van der Waals surface area contributed by atoms with Gasteiger partial charge in [-0.25, -0.2) is 4.79 Å². The lowest BCUT2D eigenvalue weighted by atomic mass is 10.1. The first-order valence-electron chi connectivity index (χ1n) is 3.99. The van der Waals surface area contributed by atoms with Crippen molar-refractivity contribution in [2.45, 2.75) is 0 Å². The summed E-state index contributed by atoms with van der Waals surface area (Å²) < 4.78 is 0. The van der Waals surface area contributed by atoms with E-state index in [4.69, 9.17) is 5.11 Å². The number of aromatic nitrogens is 1. The van der Waals surface area contributed by atoms with Crippen LogP contribution in [0.1, 0.15) is 10.4 Å². The van der Waals surface area contributed by atoms with E-state index >= 15 is 0 Å². The molecule has 2 N–H and O–H groups in total. The quantitative estimate of drug-likeness (QED) is 0.715. The average Bonchev–Trinajstić information content (AvgIpc) is 2.16. The first-order chi connectivity index (χ1) is 6.68. The van der Waals surface area contributed by atoms with Crippen molar-refractivity contribution in [1.29, 1.82) is 0 Å². The van der Waals surface area contributed by atoms with Gasteiger partial charge in [0.05, 0.1) is 5.52 Å². The second-order valence-corrected chi connectivity index (χ2v) is 2.87.